The molecule has 0 bridgehead atoms. The first kappa shape index (κ1) is 33.7. The number of rotatable bonds is 19. The first-order chi connectivity index (χ1) is 21.0. The average Bonchev–Trinajstić information content (AvgIpc) is 3.01. The fourth-order valence-electron chi connectivity index (χ4n) is 4.09. The summed E-state index contributed by atoms with van der Waals surface area (Å²) in [5.41, 5.74) is 2.64. The van der Waals surface area contributed by atoms with Gasteiger partial charge in [-0.1, -0.05) is 18.2 Å². The molecule has 0 spiro atoms. The summed E-state index contributed by atoms with van der Waals surface area (Å²) in [5.74, 6) is 2.10. The van der Waals surface area contributed by atoms with E-state index in [1.165, 1.54) is 0 Å². The Balaban J connectivity index is 1.91. The fraction of sp³-hybridized carbons (Fsp3) is 0.400. The third-order valence-electron chi connectivity index (χ3n) is 6.25. The van der Waals surface area contributed by atoms with Gasteiger partial charge in [-0.2, -0.15) is 5.26 Å². The number of hydrogen-bond donors (Lipinski definition) is 5. The van der Waals surface area contributed by atoms with Gasteiger partial charge in [0.2, 0.25) is 0 Å². The van der Waals surface area contributed by atoms with E-state index < -0.39 is 0 Å². The molecule has 0 aliphatic rings. The van der Waals surface area contributed by atoms with Gasteiger partial charge in [-0.05, 0) is 37.3 Å². The van der Waals surface area contributed by atoms with Crippen molar-refractivity contribution in [2.75, 3.05) is 82.7 Å². The molecule has 0 radical (unpaired) electrons. The Bertz CT molecular complexity index is 1350. The molecular formula is C30H39N7O5S. The molecule has 43 heavy (non-hydrogen) atoms. The topological polar surface area (TPSA) is 168 Å². The lowest BCUT2D eigenvalue weighted by Crippen LogP contribution is -2.31. The van der Waals surface area contributed by atoms with E-state index in [1.807, 2.05) is 53.4 Å². The molecule has 13 heteroatoms. The van der Waals surface area contributed by atoms with E-state index in [-0.39, 0.29) is 26.4 Å². The normalized spacial score (nSPS) is 11.2. The number of aromatic nitrogens is 1. The van der Waals surface area contributed by atoms with Gasteiger partial charge >= 0.3 is 0 Å². The SMILES string of the molecule is COc1ccc(SCCN(CCO)CCO)cc1N=Nc1c(Nc2ccccc2)nc(NCCOCCO)c(C#N)c1C. The van der Waals surface area contributed by atoms with Crippen LogP contribution in [0.15, 0.2) is 63.7 Å². The van der Waals surface area contributed by atoms with Crippen LogP contribution in [0.5, 0.6) is 5.75 Å². The lowest BCUT2D eigenvalue weighted by Gasteiger charge is -2.19. The Morgan fingerprint density at radius 1 is 0.977 bits per heavy atom. The zero-order chi connectivity index (χ0) is 30.9. The van der Waals surface area contributed by atoms with E-state index in [4.69, 9.17) is 19.6 Å². The molecule has 0 atom stereocenters. The maximum absolute atomic E-state index is 10.00. The molecule has 0 aliphatic heterocycles. The van der Waals surface area contributed by atoms with E-state index >= 15 is 0 Å². The van der Waals surface area contributed by atoms with Crippen LogP contribution in [0.1, 0.15) is 11.1 Å². The summed E-state index contributed by atoms with van der Waals surface area (Å²) < 4.78 is 10.9. The number of methoxy groups -OCH3 is 1. The van der Waals surface area contributed by atoms with Gasteiger partial charge < -0.3 is 35.4 Å². The highest BCUT2D eigenvalue weighted by atomic mass is 32.2. The van der Waals surface area contributed by atoms with Crippen LogP contribution in [0.25, 0.3) is 0 Å². The van der Waals surface area contributed by atoms with Crippen LogP contribution in [0.2, 0.25) is 0 Å². The lowest BCUT2D eigenvalue weighted by atomic mass is 10.1. The molecule has 0 fully saturated rings. The van der Waals surface area contributed by atoms with Gasteiger partial charge in [0.1, 0.15) is 29.0 Å². The predicted octanol–water partition coefficient (Wildman–Crippen LogP) is 4.23. The molecule has 5 N–H and O–H groups in total. The van der Waals surface area contributed by atoms with Crippen molar-refractivity contribution < 1.29 is 24.8 Å². The standard InChI is InChI=1S/C30H39N7O5S/c1-22-25(21-31)29(32-10-17-42-18-16-40)34-30(33-23-6-4-3-5-7-23)28(22)36-35-26-20-24(8-9-27(26)41-2)43-19-13-37(11-14-38)12-15-39/h3-9,20,38-40H,10-19H2,1-2H3,(H2,32,33,34). The van der Waals surface area contributed by atoms with Crippen LogP contribution >= 0.6 is 11.8 Å². The summed E-state index contributed by atoms with van der Waals surface area (Å²) in [5, 5.41) is 53.0. The average molecular weight is 610 g/mol. The van der Waals surface area contributed by atoms with E-state index in [0.717, 1.165) is 16.3 Å². The smallest absolute Gasteiger partial charge is 0.161 e. The van der Waals surface area contributed by atoms with E-state index in [9.17, 15) is 15.5 Å². The van der Waals surface area contributed by atoms with Crippen molar-refractivity contribution in [2.24, 2.45) is 10.2 Å². The number of nitrogens with zero attached hydrogens (tertiary/aromatic N) is 5. The number of pyridine rings is 1. The quantitative estimate of drug-likeness (QED) is 0.0749. The molecule has 2 aromatic carbocycles. The molecule has 0 saturated heterocycles. The molecule has 1 aromatic heterocycles. The summed E-state index contributed by atoms with van der Waals surface area (Å²) in [6.45, 7) is 4.49. The Kier molecular flexibility index (Phi) is 14.7. The highest BCUT2D eigenvalue weighted by Gasteiger charge is 2.18. The van der Waals surface area contributed by atoms with Crippen molar-refractivity contribution >= 4 is 40.5 Å². The molecule has 0 aliphatic carbocycles. The van der Waals surface area contributed by atoms with Gasteiger partial charge in [-0.3, -0.25) is 4.90 Å². The Labute approximate surface area is 256 Å². The van der Waals surface area contributed by atoms with Crippen LogP contribution in [0.3, 0.4) is 0 Å². The predicted molar refractivity (Wildman–Crippen MR) is 168 cm³/mol. The summed E-state index contributed by atoms with van der Waals surface area (Å²) >= 11 is 1.62. The van der Waals surface area contributed by atoms with Crippen molar-refractivity contribution in [2.45, 2.75) is 11.8 Å². The zero-order valence-electron chi connectivity index (χ0n) is 24.5. The second-order valence-electron chi connectivity index (χ2n) is 9.19. The number of anilines is 3. The monoisotopic (exact) mass is 609 g/mol. The summed E-state index contributed by atoms with van der Waals surface area (Å²) in [6.07, 6.45) is 0. The second kappa shape index (κ2) is 18.7. The molecule has 3 aromatic rings. The lowest BCUT2D eigenvalue weighted by molar-refractivity contribution is 0.0992. The number of aliphatic hydroxyl groups is 3. The number of aliphatic hydroxyl groups excluding tert-OH is 3. The first-order valence-corrected chi connectivity index (χ1v) is 14.9. The third kappa shape index (κ3) is 10.5. The van der Waals surface area contributed by atoms with Gasteiger partial charge in [0.15, 0.2) is 5.82 Å². The first-order valence-electron chi connectivity index (χ1n) is 13.9. The minimum absolute atomic E-state index is 0.0384. The third-order valence-corrected chi connectivity index (χ3v) is 7.23. The highest BCUT2D eigenvalue weighted by molar-refractivity contribution is 7.99. The number of nitriles is 1. The van der Waals surface area contributed by atoms with Crippen LogP contribution in [-0.2, 0) is 4.74 Å². The van der Waals surface area contributed by atoms with Gasteiger partial charge in [-0.25, -0.2) is 4.98 Å². The summed E-state index contributed by atoms with van der Waals surface area (Å²) in [4.78, 5) is 7.66. The number of hydrogen-bond acceptors (Lipinski definition) is 13. The minimum Gasteiger partial charge on any atom is -0.494 e. The molecule has 3 rings (SSSR count). The van der Waals surface area contributed by atoms with Gasteiger partial charge in [-0.15, -0.1) is 22.0 Å². The number of azo groups is 1. The molecule has 0 amide bonds. The molecule has 230 valence electrons. The number of ether oxygens (including phenoxy) is 2. The van der Waals surface area contributed by atoms with E-state index in [0.29, 0.717) is 72.7 Å². The Morgan fingerprint density at radius 3 is 2.42 bits per heavy atom. The molecular weight excluding hydrogens is 570 g/mol. The highest BCUT2D eigenvalue weighted by Crippen LogP contribution is 2.38. The van der Waals surface area contributed by atoms with E-state index in [1.54, 1.807) is 25.8 Å². The summed E-state index contributed by atoms with van der Waals surface area (Å²) in [6, 6.07) is 17.4. The zero-order valence-corrected chi connectivity index (χ0v) is 25.3. The van der Waals surface area contributed by atoms with Gasteiger partial charge in [0.25, 0.3) is 0 Å². The van der Waals surface area contributed by atoms with Crippen molar-refractivity contribution in [3.8, 4) is 11.8 Å². The maximum Gasteiger partial charge on any atom is 0.161 e. The Morgan fingerprint density at radius 2 is 1.74 bits per heavy atom. The fourth-order valence-corrected chi connectivity index (χ4v) is 5.03. The molecule has 0 unspecified atom stereocenters. The molecule has 0 saturated carbocycles. The summed E-state index contributed by atoms with van der Waals surface area (Å²) in [7, 11) is 1.57. The van der Waals surface area contributed by atoms with Crippen molar-refractivity contribution in [3.05, 3.63) is 59.7 Å². The Hall–Kier alpha value is -3.77. The maximum atomic E-state index is 10.00. The molecule has 1 heterocycles. The second-order valence-corrected chi connectivity index (χ2v) is 10.4. The largest absolute Gasteiger partial charge is 0.494 e. The van der Waals surface area contributed by atoms with Crippen LogP contribution in [-0.4, -0.2) is 97.3 Å². The van der Waals surface area contributed by atoms with Crippen LogP contribution in [0, 0.1) is 18.3 Å². The van der Waals surface area contributed by atoms with Crippen LogP contribution in [0.4, 0.5) is 28.7 Å². The van der Waals surface area contributed by atoms with Gasteiger partial charge in [0.05, 0.1) is 45.7 Å². The minimum atomic E-state index is -0.0636. The number of para-hydroxylation sites is 1. The van der Waals surface area contributed by atoms with Crippen molar-refractivity contribution in [3.63, 3.8) is 0 Å². The molecule has 12 nitrogen and oxygen atoms in total. The van der Waals surface area contributed by atoms with Crippen molar-refractivity contribution in [1.29, 1.82) is 5.26 Å². The van der Waals surface area contributed by atoms with Crippen LogP contribution < -0.4 is 15.4 Å². The van der Waals surface area contributed by atoms with Gasteiger partial charge in [0, 0.05) is 48.1 Å². The number of benzene rings is 2. The number of thioether (sulfide) groups is 1. The number of nitrogens with one attached hydrogen (secondary N) is 2. The van der Waals surface area contributed by atoms with Crippen molar-refractivity contribution in [1.82, 2.24) is 9.88 Å². The van der Waals surface area contributed by atoms with E-state index in [2.05, 4.69) is 26.9 Å².